The van der Waals surface area contributed by atoms with Crippen molar-refractivity contribution in [2.24, 2.45) is 0 Å². The lowest BCUT2D eigenvalue weighted by atomic mass is 9.81. The Bertz CT molecular complexity index is 898. The fraction of sp³-hybridized carbons (Fsp3) is 0.400. The molecule has 0 amide bonds. The number of nitrogens with zero attached hydrogens (tertiary/aromatic N) is 1. The molecule has 1 aliphatic rings. The van der Waals surface area contributed by atoms with Crippen LogP contribution in [0.1, 0.15) is 36.8 Å². The molecule has 5 nitrogen and oxygen atoms in total. The Labute approximate surface area is 165 Å². The first-order chi connectivity index (χ1) is 13.6. The fourth-order valence-corrected chi connectivity index (χ4v) is 3.30. The van der Waals surface area contributed by atoms with E-state index in [9.17, 15) is 22.4 Å². The number of esters is 1. The minimum Gasteiger partial charge on any atom is -0.466 e. The van der Waals surface area contributed by atoms with Crippen LogP contribution >= 0.6 is 0 Å². The average Bonchev–Trinajstić information content (AvgIpc) is 2.66. The highest BCUT2D eigenvalue weighted by molar-refractivity contribution is 5.93. The highest BCUT2D eigenvalue weighted by atomic mass is 19.4. The van der Waals surface area contributed by atoms with Crippen LogP contribution in [-0.2, 0) is 20.4 Å². The van der Waals surface area contributed by atoms with Gasteiger partial charge in [-0.3, -0.25) is 0 Å². The van der Waals surface area contributed by atoms with E-state index in [1.807, 2.05) is 0 Å². The van der Waals surface area contributed by atoms with Gasteiger partial charge in [-0.2, -0.15) is 13.2 Å². The summed E-state index contributed by atoms with van der Waals surface area (Å²) in [5, 5.41) is 2.94. The van der Waals surface area contributed by atoms with E-state index in [1.54, 1.807) is 6.92 Å². The largest absolute Gasteiger partial charge is 0.466 e. The van der Waals surface area contributed by atoms with E-state index in [2.05, 4.69) is 10.2 Å². The molecular weight excluding hydrogens is 392 g/mol. The summed E-state index contributed by atoms with van der Waals surface area (Å²) in [4.78, 5) is 15.9. The first kappa shape index (κ1) is 22.4. The van der Waals surface area contributed by atoms with Crippen LogP contribution in [0, 0.1) is 12.4 Å². The molecule has 9 heteroatoms. The normalized spacial score (nSPS) is 17.1. The maximum absolute atomic E-state index is 13.6. The highest BCUT2D eigenvalue weighted by Gasteiger charge is 2.42. The number of ether oxygens (including phenoxy) is 2. The summed E-state index contributed by atoms with van der Waals surface area (Å²) in [6.45, 7) is 9.39. The van der Waals surface area contributed by atoms with E-state index in [0.29, 0.717) is 36.9 Å². The highest BCUT2D eigenvalue weighted by Crippen LogP contribution is 2.45. The number of rotatable bonds is 6. The van der Waals surface area contributed by atoms with Gasteiger partial charge in [-0.25, -0.2) is 14.0 Å². The molecule has 156 valence electrons. The first-order valence-electron chi connectivity index (χ1n) is 8.67. The Balaban J connectivity index is 2.77. The molecule has 1 aromatic carbocycles. The van der Waals surface area contributed by atoms with Crippen molar-refractivity contribution >= 4 is 5.97 Å². The van der Waals surface area contributed by atoms with Gasteiger partial charge in [-0.1, -0.05) is 6.07 Å². The fourth-order valence-electron chi connectivity index (χ4n) is 3.30. The molecular formula is C20H20F4N2O3. The van der Waals surface area contributed by atoms with Crippen LogP contribution in [0.25, 0.3) is 4.85 Å². The molecule has 0 saturated heterocycles. The number of carbonyl (C=O) groups is 1. The maximum Gasteiger partial charge on any atom is 0.416 e. The van der Waals surface area contributed by atoms with Crippen molar-refractivity contribution in [3.8, 4) is 0 Å². The first-order valence-corrected chi connectivity index (χ1v) is 8.67. The van der Waals surface area contributed by atoms with E-state index in [0.717, 1.165) is 19.2 Å². The molecule has 1 N–H and O–H groups in total. The zero-order chi connectivity index (χ0) is 21.8. The van der Waals surface area contributed by atoms with E-state index in [1.165, 1.54) is 7.11 Å². The van der Waals surface area contributed by atoms with Crippen molar-refractivity contribution in [1.82, 2.24) is 5.32 Å². The maximum atomic E-state index is 13.6. The zero-order valence-corrected chi connectivity index (χ0v) is 16.1. The summed E-state index contributed by atoms with van der Waals surface area (Å²) in [5.74, 6) is -3.26. The summed E-state index contributed by atoms with van der Waals surface area (Å²) in [6.07, 6.45) is -4.09. The summed E-state index contributed by atoms with van der Waals surface area (Å²) in [5.41, 5.74) is -1.13. The summed E-state index contributed by atoms with van der Waals surface area (Å²) < 4.78 is 64.3. The molecule has 1 atom stereocenters. The van der Waals surface area contributed by atoms with Crippen molar-refractivity contribution < 1.29 is 31.8 Å². The third kappa shape index (κ3) is 4.77. The number of hydrogen-bond acceptors (Lipinski definition) is 4. The monoisotopic (exact) mass is 412 g/mol. The van der Waals surface area contributed by atoms with Crippen LogP contribution < -0.4 is 5.32 Å². The summed E-state index contributed by atoms with van der Waals surface area (Å²) in [7, 11) is 2.61. The quantitative estimate of drug-likeness (QED) is 0.323. The minimum absolute atomic E-state index is 0.0852. The van der Waals surface area contributed by atoms with E-state index >= 15 is 0 Å². The molecule has 29 heavy (non-hydrogen) atoms. The lowest BCUT2D eigenvalue weighted by Crippen LogP contribution is -2.30. The van der Waals surface area contributed by atoms with Crippen LogP contribution in [0.2, 0.25) is 0 Å². The number of halogens is 4. The van der Waals surface area contributed by atoms with Gasteiger partial charge in [-0.05, 0) is 37.5 Å². The number of methoxy groups -OCH3 is 2. The van der Waals surface area contributed by atoms with Crippen molar-refractivity contribution in [1.29, 1.82) is 0 Å². The Morgan fingerprint density at radius 1 is 1.31 bits per heavy atom. The minimum atomic E-state index is -4.87. The van der Waals surface area contributed by atoms with Gasteiger partial charge in [0.05, 0.1) is 30.7 Å². The van der Waals surface area contributed by atoms with Crippen molar-refractivity contribution in [2.75, 3.05) is 20.8 Å². The van der Waals surface area contributed by atoms with Gasteiger partial charge in [0.1, 0.15) is 5.82 Å². The molecule has 0 aromatic heterocycles. The van der Waals surface area contributed by atoms with Gasteiger partial charge in [0.15, 0.2) is 5.70 Å². The van der Waals surface area contributed by atoms with Crippen LogP contribution in [0.5, 0.6) is 0 Å². The molecule has 1 aliphatic heterocycles. The van der Waals surface area contributed by atoms with Crippen molar-refractivity contribution in [3.63, 3.8) is 0 Å². The average molecular weight is 412 g/mol. The van der Waals surface area contributed by atoms with Crippen LogP contribution in [0.4, 0.5) is 17.6 Å². The van der Waals surface area contributed by atoms with Crippen LogP contribution in [0.15, 0.2) is 40.9 Å². The van der Waals surface area contributed by atoms with E-state index in [-0.39, 0.29) is 16.8 Å². The standard InChI is InChI=1S/C20H20F4N2O3/c1-11-18(25-2)16(13-8-7-12(21)10-14(13)20(22,23)24)17(19(27)29-4)15(26-11)6-5-9-28-3/h7-8,10,16,26H,5-6,9H2,1,3-4H3. The predicted octanol–water partition coefficient (Wildman–Crippen LogP) is 4.54. The van der Waals surface area contributed by atoms with Crippen LogP contribution in [0.3, 0.4) is 0 Å². The zero-order valence-electron chi connectivity index (χ0n) is 16.1. The molecule has 0 radical (unpaired) electrons. The second kappa shape index (κ2) is 9.09. The Hall–Kier alpha value is -2.86. The van der Waals surface area contributed by atoms with Gasteiger partial charge in [0.2, 0.25) is 0 Å². The number of benzene rings is 1. The van der Waals surface area contributed by atoms with Gasteiger partial charge in [0, 0.05) is 25.1 Å². The number of alkyl halides is 3. The van der Waals surface area contributed by atoms with Gasteiger partial charge >= 0.3 is 12.1 Å². The smallest absolute Gasteiger partial charge is 0.416 e. The number of nitrogens with one attached hydrogen (secondary N) is 1. The molecule has 1 aromatic rings. The Morgan fingerprint density at radius 2 is 2.00 bits per heavy atom. The molecule has 0 bridgehead atoms. The Morgan fingerprint density at radius 3 is 2.55 bits per heavy atom. The third-order valence-corrected chi connectivity index (χ3v) is 4.54. The number of allylic oxidation sites excluding steroid dienone is 3. The number of hydrogen-bond donors (Lipinski definition) is 1. The second-order valence-electron chi connectivity index (χ2n) is 6.39. The molecule has 0 saturated carbocycles. The van der Waals surface area contributed by atoms with Crippen LogP contribution in [-0.4, -0.2) is 26.8 Å². The molecule has 2 rings (SSSR count). The van der Waals surface area contributed by atoms with E-state index < -0.39 is 29.4 Å². The van der Waals surface area contributed by atoms with Crippen molar-refractivity contribution in [3.05, 3.63) is 69.2 Å². The summed E-state index contributed by atoms with van der Waals surface area (Å²) in [6, 6.07) is 2.21. The third-order valence-electron chi connectivity index (χ3n) is 4.54. The topological polar surface area (TPSA) is 51.9 Å². The molecule has 1 unspecified atom stereocenters. The van der Waals surface area contributed by atoms with E-state index in [4.69, 9.17) is 16.0 Å². The second-order valence-corrected chi connectivity index (χ2v) is 6.39. The molecule has 1 heterocycles. The van der Waals surface area contributed by atoms with Gasteiger partial charge in [0.25, 0.3) is 0 Å². The number of carbonyl (C=O) groups excluding carboxylic acids is 1. The molecule has 0 spiro atoms. The Kier molecular flexibility index (Phi) is 7.03. The van der Waals surface area contributed by atoms with Gasteiger partial charge in [-0.15, -0.1) is 0 Å². The lowest BCUT2D eigenvalue weighted by molar-refractivity contribution is -0.139. The SMILES string of the molecule is [C-]#[N+]C1=C(C)NC(CCCOC)=C(C(=O)OC)C1c1ccc(F)cc1C(F)(F)F. The molecule has 0 fully saturated rings. The lowest BCUT2D eigenvalue weighted by Gasteiger charge is -2.31. The predicted molar refractivity (Wildman–Crippen MR) is 96.7 cm³/mol. The number of dihydropyridines is 1. The summed E-state index contributed by atoms with van der Waals surface area (Å²) >= 11 is 0. The van der Waals surface area contributed by atoms with Crippen molar-refractivity contribution in [2.45, 2.75) is 31.9 Å². The molecule has 0 aliphatic carbocycles. The van der Waals surface area contributed by atoms with Gasteiger partial charge < -0.3 is 14.8 Å².